The summed E-state index contributed by atoms with van der Waals surface area (Å²) < 4.78 is 5.62. The zero-order chi connectivity index (χ0) is 17.9. The number of nitrogens with zero attached hydrogens (tertiary/aromatic N) is 2. The molecule has 2 saturated heterocycles. The number of hydrogen-bond acceptors (Lipinski definition) is 4. The second kappa shape index (κ2) is 8.07. The maximum absolute atomic E-state index is 12.8. The number of aryl methyl sites for hydroxylation is 1. The molecule has 26 heavy (non-hydrogen) atoms. The number of piperazine rings is 1. The molecule has 3 aliphatic heterocycles. The third-order valence-electron chi connectivity index (χ3n) is 6.04. The fraction of sp³-hybridized carbons (Fsp3) is 0.667. The summed E-state index contributed by atoms with van der Waals surface area (Å²) >= 11 is 0. The highest BCUT2D eigenvalue weighted by molar-refractivity contribution is 5.97. The Balaban J connectivity index is 1.46. The van der Waals surface area contributed by atoms with E-state index >= 15 is 0 Å². The van der Waals surface area contributed by atoms with Gasteiger partial charge in [0.15, 0.2) is 0 Å². The first-order chi connectivity index (χ1) is 12.7. The smallest absolute Gasteiger partial charge is 0.256 e. The molecule has 3 aliphatic rings. The van der Waals surface area contributed by atoms with Crippen LogP contribution >= 0.6 is 0 Å². The minimum absolute atomic E-state index is 0.158. The Morgan fingerprint density at radius 3 is 2.88 bits per heavy atom. The lowest BCUT2D eigenvalue weighted by Crippen LogP contribution is -2.48. The highest BCUT2D eigenvalue weighted by Crippen LogP contribution is 2.30. The Morgan fingerprint density at radius 2 is 2.12 bits per heavy atom. The molecule has 3 heterocycles. The van der Waals surface area contributed by atoms with Crippen molar-refractivity contribution in [2.24, 2.45) is 0 Å². The molecule has 0 saturated carbocycles. The summed E-state index contributed by atoms with van der Waals surface area (Å²) in [6, 6.07) is 7.28. The van der Waals surface area contributed by atoms with E-state index in [1.165, 1.54) is 11.1 Å². The molecule has 142 valence electrons. The van der Waals surface area contributed by atoms with Crippen LogP contribution in [0.5, 0.6) is 0 Å². The number of carbonyl (C=O) groups is 1. The first kappa shape index (κ1) is 18.0. The third-order valence-corrected chi connectivity index (χ3v) is 6.04. The van der Waals surface area contributed by atoms with E-state index in [1.807, 2.05) is 4.90 Å². The van der Waals surface area contributed by atoms with Crippen LogP contribution in [-0.4, -0.2) is 62.3 Å². The number of nitrogens with one attached hydrogen (secondary N) is 1. The maximum Gasteiger partial charge on any atom is 0.256 e. The van der Waals surface area contributed by atoms with Crippen LogP contribution in [0.2, 0.25) is 0 Å². The van der Waals surface area contributed by atoms with E-state index in [0.717, 1.165) is 77.1 Å². The molecule has 0 bridgehead atoms. The average molecular weight is 357 g/mol. The zero-order valence-corrected chi connectivity index (χ0v) is 15.9. The molecule has 0 spiro atoms. The van der Waals surface area contributed by atoms with Crippen molar-refractivity contribution >= 4 is 11.6 Å². The first-order valence-electron chi connectivity index (χ1n) is 10.2. The third kappa shape index (κ3) is 3.80. The van der Waals surface area contributed by atoms with E-state index in [4.69, 9.17) is 4.74 Å². The number of ether oxygens (including phenoxy) is 1. The van der Waals surface area contributed by atoms with E-state index in [9.17, 15) is 4.79 Å². The molecule has 2 unspecified atom stereocenters. The van der Waals surface area contributed by atoms with Crippen LogP contribution in [0, 0.1) is 0 Å². The topological polar surface area (TPSA) is 44.8 Å². The van der Waals surface area contributed by atoms with E-state index in [0.29, 0.717) is 6.04 Å². The van der Waals surface area contributed by atoms with Gasteiger partial charge in [-0.3, -0.25) is 9.69 Å². The molecule has 0 radical (unpaired) electrons. The van der Waals surface area contributed by atoms with Gasteiger partial charge in [0.05, 0.1) is 0 Å². The zero-order valence-electron chi connectivity index (χ0n) is 15.9. The number of anilines is 1. The number of hydrogen-bond donors (Lipinski definition) is 1. The lowest BCUT2D eigenvalue weighted by Gasteiger charge is -2.34. The van der Waals surface area contributed by atoms with Gasteiger partial charge in [0.1, 0.15) is 6.10 Å². The summed E-state index contributed by atoms with van der Waals surface area (Å²) in [6.45, 7) is 8.33. The quantitative estimate of drug-likeness (QED) is 0.895. The fourth-order valence-corrected chi connectivity index (χ4v) is 4.55. The standard InChI is InChI=1S/C21H31N3O2/c1-16(23-11-8-22-9-12-23)14-17-6-7-19-18(15-17)4-2-10-24(19)21(25)20-5-3-13-26-20/h6-7,15-16,20,22H,2-5,8-14H2,1H3. The van der Waals surface area contributed by atoms with E-state index in [2.05, 4.69) is 35.3 Å². The second-order valence-corrected chi connectivity index (χ2v) is 7.90. The Morgan fingerprint density at radius 1 is 1.27 bits per heavy atom. The van der Waals surface area contributed by atoms with Gasteiger partial charge in [0.25, 0.3) is 5.91 Å². The summed E-state index contributed by atoms with van der Waals surface area (Å²) in [6.07, 6.45) is 4.83. The fourth-order valence-electron chi connectivity index (χ4n) is 4.55. The predicted molar refractivity (Wildman–Crippen MR) is 104 cm³/mol. The van der Waals surface area contributed by atoms with Crippen molar-refractivity contribution < 1.29 is 9.53 Å². The molecule has 2 atom stereocenters. The van der Waals surface area contributed by atoms with Crippen molar-refractivity contribution in [1.29, 1.82) is 0 Å². The van der Waals surface area contributed by atoms with Gasteiger partial charge in [-0.1, -0.05) is 12.1 Å². The Bertz CT molecular complexity index is 636. The van der Waals surface area contributed by atoms with Crippen LogP contribution < -0.4 is 10.2 Å². The molecule has 5 heteroatoms. The summed E-state index contributed by atoms with van der Waals surface area (Å²) in [5.74, 6) is 0.158. The molecular weight excluding hydrogens is 326 g/mol. The minimum Gasteiger partial charge on any atom is -0.368 e. The molecule has 0 aliphatic carbocycles. The maximum atomic E-state index is 12.8. The van der Waals surface area contributed by atoms with E-state index in [1.54, 1.807) is 0 Å². The number of carbonyl (C=O) groups excluding carboxylic acids is 1. The van der Waals surface area contributed by atoms with Crippen molar-refractivity contribution in [1.82, 2.24) is 10.2 Å². The van der Waals surface area contributed by atoms with Crippen molar-refractivity contribution in [3.63, 3.8) is 0 Å². The monoisotopic (exact) mass is 357 g/mol. The first-order valence-corrected chi connectivity index (χ1v) is 10.2. The molecule has 1 aromatic rings. The lowest BCUT2D eigenvalue weighted by molar-refractivity contribution is -0.127. The molecule has 1 N–H and O–H groups in total. The average Bonchev–Trinajstić information content (AvgIpc) is 3.22. The van der Waals surface area contributed by atoms with Crippen LogP contribution in [0.1, 0.15) is 37.3 Å². The summed E-state index contributed by atoms with van der Waals surface area (Å²) in [5.41, 5.74) is 3.82. The molecule has 5 nitrogen and oxygen atoms in total. The second-order valence-electron chi connectivity index (χ2n) is 7.90. The Kier molecular flexibility index (Phi) is 5.57. The van der Waals surface area contributed by atoms with Crippen LogP contribution in [0.3, 0.4) is 0 Å². The molecule has 2 fully saturated rings. The van der Waals surface area contributed by atoms with Crippen LogP contribution in [0.15, 0.2) is 18.2 Å². The molecular formula is C21H31N3O2. The van der Waals surface area contributed by atoms with Gasteiger partial charge in [0.2, 0.25) is 0 Å². The highest BCUT2D eigenvalue weighted by Gasteiger charge is 2.31. The van der Waals surface area contributed by atoms with Gasteiger partial charge < -0.3 is 15.0 Å². The van der Waals surface area contributed by atoms with E-state index < -0.39 is 0 Å². The highest BCUT2D eigenvalue weighted by atomic mass is 16.5. The van der Waals surface area contributed by atoms with Gasteiger partial charge >= 0.3 is 0 Å². The minimum atomic E-state index is -0.228. The summed E-state index contributed by atoms with van der Waals surface area (Å²) in [5, 5.41) is 3.42. The van der Waals surface area contributed by atoms with Gasteiger partial charge in [-0.25, -0.2) is 0 Å². The van der Waals surface area contributed by atoms with Crippen molar-refractivity contribution in [3.8, 4) is 0 Å². The number of benzene rings is 1. The van der Waals surface area contributed by atoms with E-state index in [-0.39, 0.29) is 12.0 Å². The Hall–Kier alpha value is -1.43. The van der Waals surface area contributed by atoms with Crippen LogP contribution in [0.4, 0.5) is 5.69 Å². The van der Waals surface area contributed by atoms with Crippen molar-refractivity contribution in [2.75, 3.05) is 44.2 Å². The number of amides is 1. The largest absolute Gasteiger partial charge is 0.368 e. The van der Waals surface area contributed by atoms with Gasteiger partial charge in [-0.15, -0.1) is 0 Å². The van der Waals surface area contributed by atoms with Crippen molar-refractivity contribution in [3.05, 3.63) is 29.3 Å². The summed E-state index contributed by atoms with van der Waals surface area (Å²) in [7, 11) is 0. The van der Waals surface area contributed by atoms with Gasteiger partial charge in [-0.05, 0) is 56.2 Å². The number of rotatable bonds is 4. The Labute approximate surface area is 156 Å². The molecule has 1 amide bonds. The SMILES string of the molecule is CC(Cc1ccc2c(c1)CCCN2C(=O)C1CCCO1)N1CCNCC1. The lowest BCUT2D eigenvalue weighted by atomic mass is 9.96. The molecule has 0 aromatic heterocycles. The van der Waals surface area contributed by atoms with Crippen LogP contribution in [0.25, 0.3) is 0 Å². The van der Waals surface area contributed by atoms with Crippen molar-refractivity contribution in [2.45, 2.75) is 51.2 Å². The normalized spacial score (nSPS) is 25.1. The molecule has 1 aromatic carbocycles. The van der Waals surface area contributed by atoms with Gasteiger partial charge in [-0.2, -0.15) is 0 Å². The molecule has 4 rings (SSSR count). The predicted octanol–water partition coefficient (Wildman–Crippen LogP) is 1.98. The number of fused-ring (bicyclic) bond motifs is 1. The van der Waals surface area contributed by atoms with Crippen LogP contribution in [-0.2, 0) is 22.4 Å². The summed E-state index contributed by atoms with van der Waals surface area (Å²) in [4.78, 5) is 17.4. The van der Waals surface area contributed by atoms with Gasteiger partial charge in [0, 0.05) is 51.1 Å².